The molecule has 0 saturated carbocycles. The van der Waals surface area contributed by atoms with E-state index in [0.29, 0.717) is 6.54 Å². The quantitative estimate of drug-likeness (QED) is 0.832. The van der Waals surface area contributed by atoms with E-state index in [-0.39, 0.29) is 11.3 Å². The van der Waals surface area contributed by atoms with Crippen molar-refractivity contribution in [1.29, 1.82) is 0 Å². The number of rotatable bonds is 3. The molecule has 0 unspecified atom stereocenters. The maximum atomic E-state index is 10.9. The lowest BCUT2D eigenvalue weighted by Crippen LogP contribution is -2.20. The van der Waals surface area contributed by atoms with E-state index in [1.807, 2.05) is 6.07 Å². The highest BCUT2D eigenvalue weighted by atomic mass is 16.1. The second kappa shape index (κ2) is 5.15. The molecule has 0 aromatic heterocycles. The molecule has 0 spiro atoms. The Balaban J connectivity index is 2.79. The van der Waals surface area contributed by atoms with Crippen LogP contribution in [0.25, 0.3) is 0 Å². The zero-order valence-corrected chi connectivity index (χ0v) is 10.6. The summed E-state index contributed by atoms with van der Waals surface area (Å²) < 4.78 is 0. The summed E-state index contributed by atoms with van der Waals surface area (Å²) in [4.78, 5) is 10.9. The van der Waals surface area contributed by atoms with Gasteiger partial charge in [-0.3, -0.25) is 4.79 Å². The summed E-state index contributed by atoms with van der Waals surface area (Å²) in [7, 11) is 0. The summed E-state index contributed by atoms with van der Waals surface area (Å²) in [5.41, 5.74) is 2.81. The number of carbonyl (C=O) groups excluding carboxylic acids is 1. The summed E-state index contributed by atoms with van der Waals surface area (Å²) in [6, 6.07) is 8.29. The van der Waals surface area contributed by atoms with Gasteiger partial charge in [-0.05, 0) is 23.0 Å². The Morgan fingerprint density at radius 3 is 2.25 bits per heavy atom. The molecule has 0 bridgehead atoms. The van der Waals surface area contributed by atoms with E-state index in [2.05, 4.69) is 44.3 Å². The van der Waals surface area contributed by atoms with Crippen LogP contribution in [-0.2, 0) is 17.8 Å². The fourth-order valence-electron chi connectivity index (χ4n) is 1.69. The normalized spacial score (nSPS) is 11.2. The van der Waals surface area contributed by atoms with Crippen LogP contribution in [0.5, 0.6) is 0 Å². The predicted octanol–water partition coefficient (Wildman–Crippen LogP) is 2.91. The SMILES string of the molecule is CC(=O)NCc1ccccc1CC(C)(C)C. The summed E-state index contributed by atoms with van der Waals surface area (Å²) >= 11 is 0. The number of carbonyl (C=O) groups is 1. The topological polar surface area (TPSA) is 29.1 Å². The van der Waals surface area contributed by atoms with Gasteiger partial charge < -0.3 is 5.32 Å². The molecule has 2 heteroatoms. The lowest BCUT2D eigenvalue weighted by molar-refractivity contribution is -0.119. The minimum absolute atomic E-state index is 0.0190. The van der Waals surface area contributed by atoms with E-state index in [1.54, 1.807) is 6.92 Å². The predicted molar refractivity (Wildman–Crippen MR) is 67.1 cm³/mol. The van der Waals surface area contributed by atoms with E-state index in [1.165, 1.54) is 11.1 Å². The van der Waals surface area contributed by atoms with E-state index < -0.39 is 0 Å². The van der Waals surface area contributed by atoms with Crippen LogP contribution in [0.2, 0.25) is 0 Å². The molecule has 0 aliphatic rings. The summed E-state index contributed by atoms with van der Waals surface area (Å²) in [5.74, 6) is 0.0190. The van der Waals surface area contributed by atoms with Crippen molar-refractivity contribution in [3.8, 4) is 0 Å². The molecule has 88 valence electrons. The van der Waals surface area contributed by atoms with E-state index in [4.69, 9.17) is 0 Å². The van der Waals surface area contributed by atoms with Gasteiger partial charge in [-0.25, -0.2) is 0 Å². The number of benzene rings is 1. The molecule has 0 fully saturated rings. The van der Waals surface area contributed by atoms with Crippen molar-refractivity contribution in [2.24, 2.45) is 5.41 Å². The number of hydrogen-bond donors (Lipinski definition) is 1. The number of hydrogen-bond acceptors (Lipinski definition) is 1. The average Bonchev–Trinajstić information content (AvgIpc) is 2.14. The molecule has 1 N–H and O–H groups in total. The van der Waals surface area contributed by atoms with Crippen LogP contribution in [0.3, 0.4) is 0 Å². The Hall–Kier alpha value is -1.31. The maximum Gasteiger partial charge on any atom is 0.217 e. The van der Waals surface area contributed by atoms with Crippen molar-refractivity contribution in [3.63, 3.8) is 0 Å². The molecule has 0 radical (unpaired) electrons. The Bertz CT molecular complexity index is 363. The first-order valence-corrected chi connectivity index (χ1v) is 5.70. The van der Waals surface area contributed by atoms with Gasteiger partial charge in [0.05, 0.1) is 0 Å². The first-order chi connectivity index (χ1) is 7.38. The van der Waals surface area contributed by atoms with Crippen LogP contribution in [0.4, 0.5) is 0 Å². The maximum absolute atomic E-state index is 10.9. The zero-order valence-electron chi connectivity index (χ0n) is 10.6. The van der Waals surface area contributed by atoms with Crippen LogP contribution in [0.15, 0.2) is 24.3 Å². The highest BCUT2D eigenvalue weighted by molar-refractivity contribution is 5.72. The molecule has 0 aliphatic heterocycles. The van der Waals surface area contributed by atoms with Gasteiger partial charge in [-0.2, -0.15) is 0 Å². The van der Waals surface area contributed by atoms with Gasteiger partial charge in [0.2, 0.25) is 5.91 Å². The first kappa shape index (κ1) is 12.8. The Labute approximate surface area is 98.1 Å². The van der Waals surface area contributed by atoms with E-state index >= 15 is 0 Å². The minimum atomic E-state index is 0.0190. The van der Waals surface area contributed by atoms with Crippen molar-refractivity contribution in [2.45, 2.75) is 40.7 Å². The standard InChI is InChI=1S/C14H21NO/c1-11(16)15-10-13-8-6-5-7-12(13)9-14(2,3)4/h5-8H,9-10H2,1-4H3,(H,15,16). The van der Waals surface area contributed by atoms with E-state index in [9.17, 15) is 4.79 Å². The molecule has 1 aromatic carbocycles. The molecule has 0 heterocycles. The Morgan fingerprint density at radius 1 is 1.19 bits per heavy atom. The molecule has 0 saturated heterocycles. The highest BCUT2D eigenvalue weighted by Crippen LogP contribution is 2.22. The number of amides is 1. The Kier molecular flexibility index (Phi) is 4.11. The third-order valence-corrected chi connectivity index (χ3v) is 2.37. The van der Waals surface area contributed by atoms with Gasteiger partial charge in [-0.1, -0.05) is 45.0 Å². The van der Waals surface area contributed by atoms with Gasteiger partial charge in [0, 0.05) is 13.5 Å². The Morgan fingerprint density at radius 2 is 1.75 bits per heavy atom. The molecule has 16 heavy (non-hydrogen) atoms. The summed E-state index contributed by atoms with van der Waals surface area (Å²) in [5, 5.41) is 2.85. The van der Waals surface area contributed by atoms with Crippen LogP contribution in [0.1, 0.15) is 38.8 Å². The average molecular weight is 219 g/mol. The van der Waals surface area contributed by atoms with Crippen LogP contribution in [-0.4, -0.2) is 5.91 Å². The van der Waals surface area contributed by atoms with Gasteiger partial charge in [0.15, 0.2) is 0 Å². The first-order valence-electron chi connectivity index (χ1n) is 5.70. The van der Waals surface area contributed by atoms with Crippen molar-refractivity contribution in [3.05, 3.63) is 35.4 Å². The lowest BCUT2D eigenvalue weighted by Gasteiger charge is -2.20. The number of nitrogens with one attached hydrogen (secondary N) is 1. The molecule has 1 rings (SSSR count). The molecule has 2 nitrogen and oxygen atoms in total. The fraction of sp³-hybridized carbons (Fsp3) is 0.500. The summed E-state index contributed by atoms with van der Waals surface area (Å²) in [6.45, 7) is 8.85. The molecule has 0 aliphatic carbocycles. The zero-order chi connectivity index (χ0) is 12.2. The molecular formula is C14H21NO. The second-order valence-corrected chi connectivity index (χ2v) is 5.42. The molecule has 1 amide bonds. The largest absolute Gasteiger partial charge is 0.352 e. The van der Waals surface area contributed by atoms with Crippen molar-refractivity contribution < 1.29 is 4.79 Å². The van der Waals surface area contributed by atoms with Crippen molar-refractivity contribution in [2.75, 3.05) is 0 Å². The van der Waals surface area contributed by atoms with Crippen LogP contribution in [0, 0.1) is 5.41 Å². The van der Waals surface area contributed by atoms with Gasteiger partial charge in [-0.15, -0.1) is 0 Å². The lowest BCUT2D eigenvalue weighted by atomic mass is 9.86. The third-order valence-electron chi connectivity index (χ3n) is 2.37. The van der Waals surface area contributed by atoms with Crippen molar-refractivity contribution in [1.82, 2.24) is 5.32 Å². The smallest absolute Gasteiger partial charge is 0.217 e. The molecular weight excluding hydrogens is 198 g/mol. The fourth-order valence-corrected chi connectivity index (χ4v) is 1.69. The second-order valence-electron chi connectivity index (χ2n) is 5.42. The van der Waals surface area contributed by atoms with Gasteiger partial charge in [0.25, 0.3) is 0 Å². The van der Waals surface area contributed by atoms with Crippen LogP contribution >= 0.6 is 0 Å². The minimum Gasteiger partial charge on any atom is -0.352 e. The van der Waals surface area contributed by atoms with Gasteiger partial charge in [0.1, 0.15) is 0 Å². The highest BCUT2D eigenvalue weighted by Gasteiger charge is 2.13. The molecule has 1 aromatic rings. The third kappa shape index (κ3) is 4.47. The van der Waals surface area contributed by atoms with Crippen LogP contribution < -0.4 is 5.32 Å². The van der Waals surface area contributed by atoms with Crippen molar-refractivity contribution >= 4 is 5.91 Å². The monoisotopic (exact) mass is 219 g/mol. The molecule has 0 atom stereocenters. The van der Waals surface area contributed by atoms with E-state index in [0.717, 1.165) is 6.42 Å². The van der Waals surface area contributed by atoms with Gasteiger partial charge >= 0.3 is 0 Å². The summed E-state index contributed by atoms with van der Waals surface area (Å²) in [6.07, 6.45) is 1.03.